The molecule has 0 heterocycles. The summed E-state index contributed by atoms with van der Waals surface area (Å²) < 4.78 is 5.54. The van der Waals surface area contributed by atoms with Gasteiger partial charge < -0.3 is 14.9 Å². The van der Waals surface area contributed by atoms with Crippen LogP contribution >= 0.6 is 0 Å². The van der Waals surface area contributed by atoms with Crippen molar-refractivity contribution in [2.45, 2.75) is 71.8 Å². The molecule has 0 spiro atoms. The summed E-state index contributed by atoms with van der Waals surface area (Å²) in [6.07, 6.45) is 4.11. The first-order chi connectivity index (χ1) is 13.9. The Bertz CT molecular complexity index is 820. The molecule has 0 amide bonds. The molecular formula is C25H34O4. The summed E-state index contributed by atoms with van der Waals surface area (Å²) in [6.45, 7) is 9.00. The van der Waals surface area contributed by atoms with Gasteiger partial charge in [-0.15, -0.1) is 0 Å². The number of carbonyl (C=O) groups excluding carboxylic acids is 1. The first-order valence-electron chi connectivity index (χ1n) is 10.7. The van der Waals surface area contributed by atoms with Crippen molar-refractivity contribution in [2.75, 3.05) is 6.61 Å². The highest BCUT2D eigenvalue weighted by molar-refractivity contribution is 5.98. The number of ketones is 1. The summed E-state index contributed by atoms with van der Waals surface area (Å²) >= 11 is 0. The second kappa shape index (κ2) is 10.4. The van der Waals surface area contributed by atoms with E-state index in [1.54, 1.807) is 19.1 Å². The normalized spacial score (nSPS) is 11.6. The Balaban J connectivity index is 2.68. The van der Waals surface area contributed by atoms with Crippen molar-refractivity contribution < 1.29 is 19.7 Å². The van der Waals surface area contributed by atoms with Crippen LogP contribution in [-0.2, 0) is 16.8 Å². The van der Waals surface area contributed by atoms with Crippen LogP contribution in [0.25, 0.3) is 0 Å². The van der Waals surface area contributed by atoms with Crippen molar-refractivity contribution in [2.24, 2.45) is 0 Å². The molecule has 0 aromatic heterocycles. The van der Waals surface area contributed by atoms with Crippen molar-refractivity contribution in [3.63, 3.8) is 0 Å². The molecule has 0 radical (unpaired) electrons. The molecule has 29 heavy (non-hydrogen) atoms. The highest BCUT2D eigenvalue weighted by atomic mass is 16.5. The van der Waals surface area contributed by atoms with E-state index < -0.39 is 0 Å². The van der Waals surface area contributed by atoms with Gasteiger partial charge in [0.05, 0.1) is 12.2 Å². The van der Waals surface area contributed by atoms with Gasteiger partial charge in [0.1, 0.15) is 11.5 Å². The molecule has 2 aromatic rings. The molecule has 0 saturated heterocycles. The molecule has 0 aliphatic carbocycles. The SMILES string of the molecule is CCCC(CCC)(c1ccc(O)c(COCC)c1)c1ccc(O)c(C(=O)CC)c1. The van der Waals surface area contributed by atoms with E-state index in [1.807, 2.05) is 31.2 Å². The smallest absolute Gasteiger partial charge is 0.166 e. The molecule has 2 aromatic carbocycles. The topological polar surface area (TPSA) is 66.8 Å². The lowest BCUT2D eigenvalue weighted by molar-refractivity contribution is 0.0985. The third-order valence-corrected chi connectivity index (χ3v) is 5.62. The Morgan fingerprint density at radius 3 is 2.03 bits per heavy atom. The van der Waals surface area contributed by atoms with Crippen LogP contribution in [0, 0.1) is 0 Å². The lowest BCUT2D eigenvalue weighted by atomic mass is 9.68. The Labute approximate surface area is 174 Å². The van der Waals surface area contributed by atoms with Gasteiger partial charge in [-0.3, -0.25) is 4.79 Å². The first kappa shape index (κ1) is 23.0. The number of carbonyl (C=O) groups is 1. The lowest BCUT2D eigenvalue weighted by Crippen LogP contribution is -2.28. The molecular weight excluding hydrogens is 364 g/mol. The lowest BCUT2D eigenvalue weighted by Gasteiger charge is -2.36. The number of aromatic hydroxyl groups is 2. The van der Waals surface area contributed by atoms with Crippen molar-refractivity contribution in [1.82, 2.24) is 0 Å². The van der Waals surface area contributed by atoms with Gasteiger partial charge in [-0.1, -0.05) is 45.7 Å². The number of Topliss-reactive ketones (excluding diaryl/α,β-unsaturated/α-hetero) is 1. The van der Waals surface area contributed by atoms with Crippen LogP contribution in [0.1, 0.15) is 86.8 Å². The molecule has 2 N–H and O–H groups in total. The van der Waals surface area contributed by atoms with E-state index in [1.165, 1.54) is 0 Å². The van der Waals surface area contributed by atoms with Gasteiger partial charge >= 0.3 is 0 Å². The zero-order valence-corrected chi connectivity index (χ0v) is 18.1. The predicted molar refractivity (Wildman–Crippen MR) is 117 cm³/mol. The molecule has 0 unspecified atom stereocenters. The van der Waals surface area contributed by atoms with Gasteiger partial charge in [0.25, 0.3) is 0 Å². The summed E-state index contributed by atoms with van der Waals surface area (Å²) in [7, 11) is 0. The summed E-state index contributed by atoms with van der Waals surface area (Å²) in [6, 6.07) is 11.2. The Kier molecular flexibility index (Phi) is 8.27. The maximum absolute atomic E-state index is 12.4. The number of rotatable bonds is 11. The second-order valence-electron chi connectivity index (χ2n) is 7.57. The minimum Gasteiger partial charge on any atom is -0.508 e. The van der Waals surface area contributed by atoms with Crippen LogP contribution in [0.4, 0.5) is 0 Å². The monoisotopic (exact) mass is 398 g/mol. The number of hydrogen-bond donors (Lipinski definition) is 2. The van der Waals surface area contributed by atoms with Crippen LogP contribution in [0.2, 0.25) is 0 Å². The quantitative estimate of drug-likeness (QED) is 0.448. The largest absolute Gasteiger partial charge is 0.508 e. The van der Waals surface area contributed by atoms with Gasteiger partial charge in [-0.05, 0) is 55.2 Å². The van der Waals surface area contributed by atoms with Crippen molar-refractivity contribution >= 4 is 5.78 Å². The summed E-state index contributed by atoms with van der Waals surface area (Å²) in [5.41, 5.74) is 2.99. The summed E-state index contributed by atoms with van der Waals surface area (Å²) in [4.78, 5) is 12.4. The van der Waals surface area contributed by atoms with Gasteiger partial charge in [-0.25, -0.2) is 0 Å². The minimum atomic E-state index is -0.297. The summed E-state index contributed by atoms with van der Waals surface area (Å²) in [5.74, 6) is 0.205. The molecule has 158 valence electrons. The second-order valence-corrected chi connectivity index (χ2v) is 7.57. The molecule has 4 nitrogen and oxygen atoms in total. The zero-order chi connectivity index (χ0) is 21.4. The van der Waals surface area contributed by atoms with E-state index in [2.05, 4.69) is 13.8 Å². The van der Waals surface area contributed by atoms with E-state index in [4.69, 9.17) is 4.74 Å². The third kappa shape index (κ3) is 4.99. The van der Waals surface area contributed by atoms with Crippen molar-refractivity contribution in [3.05, 3.63) is 58.7 Å². The maximum Gasteiger partial charge on any atom is 0.166 e. The number of benzene rings is 2. The Hall–Kier alpha value is -2.33. The molecule has 4 heteroatoms. The predicted octanol–water partition coefficient (Wildman–Crippen LogP) is 6.11. The zero-order valence-electron chi connectivity index (χ0n) is 18.1. The number of phenols is 2. The molecule has 0 aliphatic rings. The number of hydrogen-bond acceptors (Lipinski definition) is 4. The van der Waals surface area contributed by atoms with Gasteiger partial charge in [-0.2, -0.15) is 0 Å². The third-order valence-electron chi connectivity index (χ3n) is 5.62. The fraction of sp³-hybridized carbons (Fsp3) is 0.480. The van der Waals surface area contributed by atoms with Crippen LogP contribution in [0.3, 0.4) is 0 Å². The van der Waals surface area contributed by atoms with Crippen LogP contribution < -0.4 is 0 Å². The average molecular weight is 399 g/mol. The molecule has 0 bridgehead atoms. The fourth-order valence-electron chi connectivity index (χ4n) is 4.18. The Morgan fingerprint density at radius 1 is 0.897 bits per heavy atom. The first-order valence-corrected chi connectivity index (χ1v) is 10.7. The molecule has 2 rings (SSSR count). The molecule has 0 aliphatic heterocycles. The van der Waals surface area contributed by atoms with Crippen LogP contribution in [0.5, 0.6) is 11.5 Å². The van der Waals surface area contributed by atoms with E-state index in [0.717, 1.165) is 42.4 Å². The Morgan fingerprint density at radius 2 is 1.48 bits per heavy atom. The summed E-state index contributed by atoms with van der Waals surface area (Å²) in [5, 5.41) is 20.5. The number of phenolic OH excluding ortho intramolecular Hbond substituents is 2. The van der Waals surface area contributed by atoms with E-state index in [9.17, 15) is 15.0 Å². The van der Waals surface area contributed by atoms with Gasteiger partial charge in [0.15, 0.2) is 5.78 Å². The molecule has 0 fully saturated rings. The highest BCUT2D eigenvalue weighted by Crippen LogP contribution is 2.43. The average Bonchev–Trinajstić information content (AvgIpc) is 2.72. The van der Waals surface area contributed by atoms with E-state index in [0.29, 0.717) is 25.2 Å². The van der Waals surface area contributed by atoms with E-state index in [-0.39, 0.29) is 22.7 Å². The maximum atomic E-state index is 12.4. The standard InChI is InChI=1S/C25H34O4/c1-5-13-25(14-6-2,19-9-11-23(27)18(15-19)17-29-8-4)20-10-12-24(28)21(16-20)22(26)7-3/h9-12,15-16,27-28H,5-8,13-14,17H2,1-4H3. The fourth-order valence-corrected chi connectivity index (χ4v) is 4.18. The van der Waals surface area contributed by atoms with Crippen molar-refractivity contribution in [3.8, 4) is 11.5 Å². The number of ether oxygens (including phenoxy) is 1. The highest BCUT2D eigenvalue weighted by Gasteiger charge is 2.34. The molecule has 0 atom stereocenters. The van der Waals surface area contributed by atoms with Crippen LogP contribution in [0.15, 0.2) is 36.4 Å². The molecule has 0 saturated carbocycles. The van der Waals surface area contributed by atoms with Crippen LogP contribution in [-0.4, -0.2) is 22.6 Å². The van der Waals surface area contributed by atoms with Crippen molar-refractivity contribution in [1.29, 1.82) is 0 Å². The van der Waals surface area contributed by atoms with Gasteiger partial charge in [0, 0.05) is 24.0 Å². The van der Waals surface area contributed by atoms with Gasteiger partial charge in [0.2, 0.25) is 0 Å². The minimum absolute atomic E-state index is 0.0326. The van der Waals surface area contributed by atoms with E-state index >= 15 is 0 Å².